The molecule has 0 fully saturated rings. The van der Waals surface area contributed by atoms with Gasteiger partial charge < -0.3 is 15.2 Å². The van der Waals surface area contributed by atoms with Crippen molar-refractivity contribution in [3.05, 3.63) is 41.8 Å². The Bertz CT molecular complexity index is 560. The van der Waals surface area contributed by atoms with Crippen molar-refractivity contribution in [3.8, 4) is 17.4 Å². The molecule has 2 aromatic rings. The molecule has 18 heavy (non-hydrogen) atoms. The fraction of sp³-hybridized carbons (Fsp3) is 0. The maximum atomic E-state index is 10.5. The number of rotatable bonds is 3. The molecule has 2 N–H and O–H groups in total. The lowest BCUT2D eigenvalue weighted by Gasteiger charge is -2.05. The quantitative estimate of drug-likeness (QED) is 0.861. The average molecular weight is 266 g/mol. The van der Waals surface area contributed by atoms with Gasteiger partial charge in [0.2, 0.25) is 11.2 Å². The molecule has 92 valence electrons. The SMILES string of the molecule is NC(=O)Oc1ccc(Oc2ccnc(Cl)n2)cc1. The van der Waals surface area contributed by atoms with Gasteiger partial charge in [0.15, 0.2) is 0 Å². The lowest BCUT2D eigenvalue weighted by atomic mass is 10.3. The van der Waals surface area contributed by atoms with Gasteiger partial charge in [-0.15, -0.1) is 0 Å². The normalized spacial score (nSPS) is 9.83. The van der Waals surface area contributed by atoms with E-state index < -0.39 is 6.09 Å². The largest absolute Gasteiger partial charge is 0.439 e. The number of hydrogen-bond donors (Lipinski definition) is 1. The fourth-order valence-corrected chi connectivity index (χ4v) is 1.33. The number of amides is 1. The number of carbonyl (C=O) groups excluding carboxylic acids is 1. The number of nitrogens with two attached hydrogens (primary N) is 1. The number of aromatic nitrogens is 2. The zero-order valence-electron chi connectivity index (χ0n) is 9.04. The molecular formula is C11H8ClN3O3. The highest BCUT2D eigenvalue weighted by Gasteiger charge is 2.02. The molecule has 0 unspecified atom stereocenters. The van der Waals surface area contributed by atoms with E-state index in [9.17, 15) is 4.79 Å². The average Bonchev–Trinajstić information content (AvgIpc) is 2.31. The smallest absolute Gasteiger partial charge is 0.409 e. The highest BCUT2D eigenvalue weighted by molar-refractivity contribution is 6.28. The van der Waals surface area contributed by atoms with E-state index >= 15 is 0 Å². The Hall–Kier alpha value is -2.34. The van der Waals surface area contributed by atoms with E-state index in [0.717, 1.165) is 0 Å². The molecule has 6 nitrogen and oxygen atoms in total. The summed E-state index contributed by atoms with van der Waals surface area (Å²) in [5.41, 5.74) is 4.88. The van der Waals surface area contributed by atoms with Crippen molar-refractivity contribution in [2.24, 2.45) is 5.73 Å². The minimum Gasteiger partial charge on any atom is -0.439 e. The van der Waals surface area contributed by atoms with Crippen LogP contribution in [-0.4, -0.2) is 16.1 Å². The van der Waals surface area contributed by atoms with E-state index in [1.807, 2.05) is 0 Å². The van der Waals surface area contributed by atoms with Crippen molar-refractivity contribution in [3.63, 3.8) is 0 Å². The van der Waals surface area contributed by atoms with Gasteiger partial charge in [-0.1, -0.05) is 0 Å². The van der Waals surface area contributed by atoms with Gasteiger partial charge in [0, 0.05) is 12.3 Å². The number of nitrogens with zero attached hydrogens (tertiary/aromatic N) is 2. The first-order valence-electron chi connectivity index (χ1n) is 4.87. The lowest BCUT2D eigenvalue weighted by molar-refractivity contribution is 0.211. The van der Waals surface area contributed by atoms with Gasteiger partial charge in [-0.05, 0) is 35.9 Å². The van der Waals surface area contributed by atoms with Gasteiger partial charge >= 0.3 is 6.09 Å². The summed E-state index contributed by atoms with van der Waals surface area (Å²) < 4.78 is 10.1. The van der Waals surface area contributed by atoms with Crippen LogP contribution in [0.2, 0.25) is 5.28 Å². The second kappa shape index (κ2) is 5.33. The maximum absolute atomic E-state index is 10.5. The number of benzene rings is 1. The Labute approximate surface area is 107 Å². The fourth-order valence-electron chi connectivity index (χ4n) is 1.19. The summed E-state index contributed by atoms with van der Waals surface area (Å²) in [5.74, 6) is 1.16. The second-order valence-electron chi connectivity index (χ2n) is 3.16. The van der Waals surface area contributed by atoms with E-state index in [2.05, 4.69) is 14.7 Å². The molecule has 0 spiro atoms. The van der Waals surface area contributed by atoms with Crippen LogP contribution in [0, 0.1) is 0 Å². The minimum absolute atomic E-state index is 0.0983. The molecule has 0 atom stereocenters. The summed E-state index contributed by atoms with van der Waals surface area (Å²) in [5, 5.41) is 0.0983. The summed E-state index contributed by atoms with van der Waals surface area (Å²) >= 11 is 5.62. The Morgan fingerprint density at radius 3 is 2.44 bits per heavy atom. The third-order valence-corrected chi connectivity index (χ3v) is 2.05. The predicted molar refractivity (Wildman–Crippen MR) is 63.8 cm³/mol. The number of primary amides is 1. The Balaban J connectivity index is 2.08. The second-order valence-corrected chi connectivity index (χ2v) is 3.50. The third kappa shape index (κ3) is 3.33. The zero-order chi connectivity index (χ0) is 13.0. The van der Waals surface area contributed by atoms with Crippen LogP contribution in [0.15, 0.2) is 36.5 Å². The molecular weight excluding hydrogens is 258 g/mol. The number of ether oxygens (including phenoxy) is 2. The van der Waals surface area contributed by atoms with E-state index in [4.69, 9.17) is 22.1 Å². The van der Waals surface area contributed by atoms with Gasteiger partial charge in [0.25, 0.3) is 0 Å². The van der Waals surface area contributed by atoms with Crippen LogP contribution < -0.4 is 15.2 Å². The van der Waals surface area contributed by atoms with Crippen LogP contribution in [0.3, 0.4) is 0 Å². The first-order valence-corrected chi connectivity index (χ1v) is 5.25. The Morgan fingerprint density at radius 1 is 1.17 bits per heavy atom. The predicted octanol–water partition coefficient (Wildman–Crippen LogP) is 2.38. The topological polar surface area (TPSA) is 87.3 Å². The Kier molecular flexibility index (Phi) is 3.59. The summed E-state index contributed by atoms with van der Waals surface area (Å²) in [6.07, 6.45) is 0.612. The van der Waals surface area contributed by atoms with Crippen LogP contribution >= 0.6 is 11.6 Å². The van der Waals surface area contributed by atoms with Crippen LogP contribution in [0.25, 0.3) is 0 Å². The van der Waals surface area contributed by atoms with Crippen molar-refractivity contribution in [2.45, 2.75) is 0 Å². The van der Waals surface area contributed by atoms with Crippen LogP contribution in [-0.2, 0) is 0 Å². The van der Waals surface area contributed by atoms with E-state index in [1.165, 1.54) is 6.20 Å². The summed E-state index contributed by atoms with van der Waals surface area (Å²) in [7, 11) is 0. The van der Waals surface area contributed by atoms with Gasteiger partial charge in [-0.25, -0.2) is 9.78 Å². The van der Waals surface area contributed by atoms with Crippen molar-refractivity contribution in [1.29, 1.82) is 0 Å². The summed E-state index contributed by atoms with van der Waals surface area (Å²) in [6.45, 7) is 0. The third-order valence-electron chi connectivity index (χ3n) is 1.87. The van der Waals surface area contributed by atoms with Crippen LogP contribution in [0.5, 0.6) is 17.4 Å². The van der Waals surface area contributed by atoms with Crippen molar-refractivity contribution in [1.82, 2.24) is 9.97 Å². The monoisotopic (exact) mass is 265 g/mol. The molecule has 0 aliphatic carbocycles. The highest BCUT2D eigenvalue weighted by Crippen LogP contribution is 2.22. The van der Waals surface area contributed by atoms with E-state index in [1.54, 1.807) is 30.3 Å². The molecule has 1 amide bonds. The zero-order valence-corrected chi connectivity index (χ0v) is 9.79. The molecule has 7 heteroatoms. The van der Waals surface area contributed by atoms with Crippen molar-refractivity contribution in [2.75, 3.05) is 0 Å². The van der Waals surface area contributed by atoms with Crippen LogP contribution in [0.1, 0.15) is 0 Å². The number of hydrogen-bond acceptors (Lipinski definition) is 5. The number of halogens is 1. The lowest BCUT2D eigenvalue weighted by Crippen LogP contribution is -2.16. The molecule has 1 aromatic heterocycles. The molecule has 0 bridgehead atoms. The van der Waals surface area contributed by atoms with E-state index in [0.29, 0.717) is 17.4 Å². The van der Waals surface area contributed by atoms with Gasteiger partial charge in [-0.3, -0.25) is 0 Å². The van der Waals surface area contributed by atoms with Gasteiger partial charge in [-0.2, -0.15) is 4.98 Å². The molecule has 0 saturated carbocycles. The molecule has 0 aliphatic rings. The van der Waals surface area contributed by atoms with E-state index in [-0.39, 0.29) is 5.28 Å². The van der Waals surface area contributed by atoms with Crippen molar-refractivity contribution < 1.29 is 14.3 Å². The highest BCUT2D eigenvalue weighted by atomic mass is 35.5. The van der Waals surface area contributed by atoms with Crippen LogP contribution in [0.4, 0.5) is 4.79 Å². The summed E-state index contributed by atoms with van der Waals surface area (Å²) in [4.78, 5) is 18.1. The molecule has 0 radical (unpaired) electrons. The minimum atomic E-state index is -0.869. The van der Waals surface area contributed by atoms with Gasteiger partial charge in [0.05, 0.1) is 0 Å². The van der Waals surface area contributed by atoms with Crippen molar-refractivity contribution >= 4 is 17.7 Å². The standard InChI is InChI=1S/C11H8ClN3O3/c12-10-14-6-5-9(15-10)17-7-1-3-8(4-2-7)18-11(13)16/h1-6H,(H2,13,16). The molecule has 2 rings (SSSR count). The first-order chi connectivity index (χ1) is 8.63. The summed E-state index contributed by atoms with van der Waals surface area (Å²) in [6, 6.07) is 7.87. The Morgan fingerprint density at radius 2 is 1.83 bits per heavy atom. The van der Waals surface area contributed by atoms with Gasteiger partial charge in [0.1, 0.15) is 11.5 Å². The molecule has 1 heterocycles. The number of carbonyl (C=O) groups is 1. The molecule has 1 aromatic carbocycles. The molecule has 0 saturated heterocycles. The first kappa shape index (κ1) is 12.1. The molecule has 0 aliphatic heterocycles. The maximum Gasteiger partial charge on any atom is 0.409 e.